The van der Waals surface area contributed by atoms with Gasteiger partial charge in [-0.1, -0.05) is 18.1 Å². The van der Waals surface area contributed by atoms with Crippen LogP contribution in [-0.2, 0) is 9.53 Å². The second kappa shape index (κ2) is 5.23. The molecule has 1 N–H and O–H groups in total. The maximum Gasteiger partial charge on any atom is 0.384 e. The molecule has 0 unspecified atom stereocenters. The van der Waals surface area contributed by atoms with Gasteiger partial charge in [-0.3, -0.25) is 0 Å². The predicted octanol–water partition coefficient (Wildman–Crippen LogP) is 2.06. The van der Waals surface area contributed by atoms with Crippen molar-refractivity contribution in [1.82, 2.24) is 0 Å². The van der Waals surface area contributed by atoms with Gasteiger partial charge in [-0.2, -0.15) is 0 Å². The number of benzene rings is 2. The number of methoxy groups -OCH3 is 1. The summed E-state index contributed by atoms with van der Waals surface area (Å²) >= 11 is 0. The maximum absolute atomic E-state index is 10.9. The Morgan fingerprint density at radius 2 is 1.79 bits per heavy atom. The van der Waals surface area contributed by atoms with E-state index in [1.807, 2.05) is 0 Å². The molecule has 0 spiro atoms. The SMILES string of the molecule is COC(=O)C#Cc1ccc2cc(C(=O)O)ccc2c1. The molecule has 4 heteroatoms. The molecule has 0 aliphatic heterocycles. The van der Waals surface area contributed by atoms with Crippen molar-refractivity contribution in [1.29, 1.82) is 0 Å². The fourth-order valence-corrected chi connectivity index (χ4v) is 1.63. The first-order chi connectivity index (χ1) is 9.10. The Morgan fingerprint density at radius 3 is 2.47 bits per heavy atom. The van der Waals surface area contributed by atoms with Crippen LogP contribution in [0, 0.1) is 11.8 Å². The third kappa shape index (κ3) is 2.90. The van der Waals surface area contributed by atoms with Gasteiger partial charge in [-0.25, -0.2) is 9.59 Å². The zero-order chi connectivity index (χ0) is 13.8. The molecular weight excluding hydrogens is 244 g/mol. The van der Waals surface area contributed by atoms with Crippen molar-refractivity contribution < 1.29 is 19.4 Å². The number of carbonyl (C=O) groups excluding carboxylic acids is 1. The minimum Gasteiger partial charge on any atom is -0.478 e. The van der Waals surface area contributed by atoms with Crippen molar-refractivity contribution >= 4 is 22.7 Å². The molecule has 2 rings (SSSR count). The monoisotopic (exact) mass is 254 g/mol. The minimum absolute atomic E-state index is 0.237. The molecule has 0 aliphatic rings. The molecule has 0 atom stereocenters. The zero-order valence-corrected chi connectivity index (χ0v) is 10.1. The van der Waals surface area contributed by atoms with Crippen molar-refractivity contribution in [2.24, 2.45) is 0 Å². The number of carbonyl (C=O) groups is 2. The molecule has 0 bridgehead atoms. The van der Waals surface area contributed by atoms with Crippen LogP contribution in [0.3, 0.4) is 0 Å². The van der Waals surface area contributed by atoms with E-state index in [2.05, 4.69) is 16.6 Å². The van der Waals surface area contributed by atoms with Crippen LogP contribution >= 0.6 is 0 Å². The van der Waals surface area contributed by atoms with Gasteiger partial charge in [0.15, 0.2) is 0 Å². The van der Waals surface area contributed by atoms with Gasteiger partial charge in [0.05, 0.1) is 12.7 Å². The Bertz CT molecular complexity index is 720. The van der Waals surface area contributed by atoms with Gasteiger partial charge in [-0.15, -0.1) is 0 Å². The van der Waals surface area contributed by atoms with E-state index in [0.717, 1.165) is 10.8 Å². The van der Waals surface area contributed by atoms with Gasteiger partial charge in [0.25, 0.3) is 0 Å². The van der Waals surface area contributed by atoms with Crippen molar-refractivity contribution in [2.45, 2.75) is 0 Å². The highest BCUT2D eigenvalue weighted by Gasteiger charge is 2.03. The normalized spacial score (nSPS) is 9.53. The van der Waals surface area contributed by atoms with Crippen molar-refractivity contribution in [3.05, 3.63) is 47.5 Å². The maximum atomic E-state index is 10.9. The lowest BCUT2D eigenvalue weighted by molar-refractivity contribution is -0.133. The lowest BCUT2D eigenvalue weighted by Crippen LogP contribution is -1.95. The van der Waals surface area contributed by atoms with E-state index in [1.54, 1.807) is 30.3 Å². The topological polar surface area (TPSA) is 63.6 Å². The number of hydrogen-bond donors (Lipinski definition) is 1. The van der Waals surface area contributed by atoms with E-state index in [-0.39, 0.29) is 5.56 Å². The fourth-order valence-electron chi connectivity index (χ4n) is 1.63. The number of carboxylic acids is 1. The number of ether oxygens (including phenoxy) is 1. The van der Waals surface area contributed by atoms with E-state index in [9.17, 15) is 9.59 Å². The van der Waals surface area contributed by atoms with Crippen molar-refractivity contribution in [2.75, 3.05) is 7.11 Å². The first-order valence-corrected chi connectivity index (χ1v) is 5.47. The van der Waals surface area contributed by atoms with Gasteiger partial charge in [0.2, 0.25) is 0 Å². The summed E-state index contributed by atoms with van der Waals surface area (Å²) in [6.07, 6.45) is 0. The molecule has 4 nitrogen and oxygen atoms in total. The average Bonchev–Trinajstić information content (AvgIpc) is 2.43. The summed E-state index contributed by atoms with van der Waals surface area (Å²) in [6.45, 7) is 0. The van der Waals surface area contributed by atoms with Crippen molar-refractivity contribution in [3.8, 4) is 11.8 Å². The van der Waals surface area contributed by atoms with Gasteiger partial charge in [-0.05, 0) is 35.0 Å². The lowest BCUT2D eigenvalue weighted by Gasteiger charge is -2.00. The van der Waals surface area contributed by atoms with Crippen LogP contribution in [0.2, 0.25) is 0 Å². The highest BCUT2D eigenvalue weighted by Crippen LogP contribution is 2.17. The number of esters is 1. The second-order valence-corrected chi connectivity index (χ2v) is 3.82. The summed E-state index contributed by atoms with van der Waals surface area (Å²) in [7, 11) is 1.27. The van der Waals surface area contributed by atoms with Crippen LogP contribution in [0.5, 0.6) is 0 Å². The van der Waals surface area contributed by atoms with Crippen LogP contribution in [0.25, 0.3) is 10.8 Å². The zero-order valence-electron chi connectivity index (χ0n) is 10.1. The van der Waals surface area contributed by atoms with Crippen LogP contribution in [0.1, 0.15) is 15.9 Å². The number of rotatable bonds is 1. The molecule has 0 saturated heterocycles. The number of fused-ring (bicyclic) bond motifs is 1. The summed E-state index contributed by atoms with van der Waals surface area (Å²) in [5, 5.41) is 10.6. The summed E-state index contributed by atoms with van der Waals surface area (Å²) < 4.78 is 4.42. The van der Waals surface area contributed by atoms with Crippen LogP contribution in [0.4, 0.5) is 0 Å². The number of aromatic carboxylic acids is 1. The molecule has 0 saturated carbocycles. The highest BCUT2D eigenvalue weighted by molar-refractivity contribution is 5.95. The molecule has 0 amide bonds. The third-order valence-corrected chi connectivity index (χ3v) is 2.58. The van der Waals surface area contributed by atoms with Gasteiger partial charge < -0.3 is 9.84 Å². The Kier molecular flexibility index (Phi) is 3.48. The predicted molar refractivity (Wildman–Crippen MR) is 69.8 cm³/mol. The summed E-state index contributed by atoms with van der Waals surface area (Å²) in [5.74, 6) is 3.46. The molecule has 0 radical (unpaired) electrons. The van der Waals surface area contributed by atoms with E-state index >= 15 is 0 Å². The Balaban J connectivity index is 2.41. The molecule has 0 aliphatic carbocycles. The smallest absolute Gasteiger partial charge is 0.384 e. The molecule has 2 aromatic rings. The van der Waals surface area contributed by atoms with Crippen LogP contribution in [0.15, 0.2) is 36.4 Å². The second-order valence-electron chi connectivity index (χ2n) is 3.82. The lowest BCUT2D eigenvalue weighted by atomic mass is 10.0. The third-order valence-electron chi connectivity index (χ3n) is 2.58. The first kappa shape index (κ1) is 12.7. The summed E-state index contributed by atoms with van der Waals surface area (Å²) in [6, 6.07) is 10.1. The molecule has 94 valence electrons. The quantitative estimate of drug-likeness (QED) is 0.625. The molecule has 19 heavy (non-hydrogen) atoms. The standard InChI is InChI=1S/C15H10O4/c1-19-14(16)7-3-10-2-4-12-9-13(15(17)18)6-5-11(12)8-10/h2,4-6,8-9H,1H3,(H,17,18). The molecule has 0 aromatic heterocycles. The Morgan fingerprint density at radius 1 is 1.11 bits per heavy atom. The summed E-state index contributed by atoms with van der Waals surface area (Å²) in [4.78, 5) is 21.8. The fraction of sp³-hybridized carbons (Fsp3) is 0.0667. The molecule has 2 aromatic carbocycles. The van der Waals surface area contributed by atoms with Crippen LogP contribution < -0.4 is 0 Å². The molecular formula is C15H10O4. The van der Waals surface area contributed by atoms with E-state index in [4.69, 9.17) is 5.11 Å². The van der Waals surface area contributed by atoms with Gasteiger partial charge in [0, 0.05) is 11.5 Å². The Labute approximate surface area is 109 Å². The molecule has 0 heterocycles. The Hall–Kier alpha value is -2.80. The number of hydrogen-bond acceptors (Lipinski definition) is 3. The van der Waals surface area contributed by atoms with Crippen LogP contribution in [-0.4, -0.2) is 24.2 Å². The average molecular weight is 254 g/mol. The van der Waals surface area contributed by atoms with E-state index in [1.165, 1.54) is 13.2 Å². The minimum atomic E-state index is -0.962. The van der Waals surface area contributed by atoms with Gasteiger partial charge >= 0.3 is 11.9 Å². The molecule has 0 fully saturated rings. The number of carboxylic acid groups (broad SMARTS) is 1. The van der Waals surface area contributed by atoms with Crippen molar-refractivity contribution in [3.63, 3.8) is 0 Å². The van der Waals surface area contributed by atoms with E-state index in [0.29, 0.717) is 5.56 Å². The largest absolute Gasteiger partial charge is 0.478 e. The van der Waals surface area contributed by atoms with Gasteiger partial charge in [0.1, 0.15) is 0 Å². The first-order valence-electron chi connectivity index (χ1n) is 5.47. The van der Waals surface area contributed by atoms with E-state index < -0.39 is 11.9 Å². The highest BCUT2D eigenvalue weighted by atomic mass is 16.5. The summed E-state index contributed by atoms with van der Waals surface area (Å²) in [5.41, 5.74) is 0.905.